The van der Waals surface area contributed by atoms with Gasteiger partial charge in [0.2, 0.25) is 0 Å². The predicted molar refractivity (Wildman–Crippen MR) is 79.0 cm³/mol. The fraction of sp³-hybridized carbons (Fsp3) is 0.400. The molecule has 2 aromatic rings. The van der Waals surface area contributed by atoms with Crippen molar-refractivity contribution in [1.29, 1.82) is 0 Å². The van der Waals surface area contributed by atoms with Crippen molar-refractivity contribution in [3.8, 4) is 5.69 Å². The molecule has 0 atom stereocenters. The van der Waals surface area contributed by atoms with E-state index in [9.17, 15) is 0 Å². The Bertz CT molecular complexity index is 585. The maximum Gasteiger partial charge on any atom is 0.127 e. The third-order valence-corrected chi connectivity index (χ3v) is 3.17. The van der Waals surface area contributed by atoms with Crippen LogP contribution in [0.2, 0.25) is 0 Å². The van der Waals surface area contributed by atoms with Gasteiger partial charge in [-0.1, -0.05) is 32.1 Å². The number of nitrogens with one attached hydrogen (secondary N) is 1. The summed E-state index contributed by atoms with van der Waals surface area (Å²) < 4.78 is 2.84. The first kappa shape index (κ1) is 13.1. The molecule has 0 radical (unpaired) electrons. The average molecular weight is 260 g/mol. The maximum absolute atomic E-state index is 5.43. The van der Waals surface area contributed by atoms with Crippen LogP contribution in [0.25, 0.3) is 5.69 Å². The Kier molecular flexibility index (Phi) is 3.71. The van der Waals surface area contributed by atoms with Crippen molar-refractivity contribution in [2.75, 3.05) is 0 Å². The minimum atomic E-state index is 0.630. The standard InChI is InChI=1S/C15H20N2S/c1-10(2)5-13-9-15(18)17(16-13)14-7-11(3)6-12(4)8-14/h6-10,16H,5H2,1-4H3. The first-order valence-electron chi connectivity index (χ1n) is 6.35. The van der Waals surface area contributed by atoms with Crippen LogP contribution < -0.4 is 0 Å². The van der Waals surface area contributed by atoms with E-state index < -0.39 is 0 Å². The fourth-order valence-electron chi connectivity index (χ4n) is 2.26. The summed E-state index contributed by atoms with van der Waals surface area (Å²) in [6.07, 6.45) is 1.03. The lowest BCUT2D eigenvalue weighted by Crippen LogP contribution is -2.00. The van der Waals surface area contributed by atoms with Gasteiger partial charge in [0.1, 0.15) is 4.64 Å². The molecule has 18 heavy (non-hydrogen) atoms. The highest BCUT2D eigenvalue weighted by atomic mass is 32.1. The quantitative estimate of drug-likeness (QED) is 0.814. The van der Waals surface area contributed by atoms with Crippen LogP contribution >= 0.6 is 12.2 Å². The molecular weight excluding hydrogens is 240 g/mol. The average Bonchev–Trinajstić information content (AvgIpc) is 2.56. The van der Waals surface area contributed by atoms with Crippen LogP contribution in [-0.2, 0) is 6.42 Å². The molecule has 0 amide bonds. The molecule has 0 aliphatic carbocycles. The Morgan fingerprint density at radius 1 is 1.11 bits per heavy atom. The number of aromatic nitrogens is 2. The number of hydrogen-bond donors (Lipinski definition) is 1. The number of aromatic amines is 1. The van der Waals surface area contributed by atoms with Gasteiger partial charge in [-0.25, -0.2) is 4.68 Å². The molecule has 0 bridgehead atoms. The minimum Gasteiger partial charge on any atom is -0.297 e. The third kappa shape index (κ3) is 2.91. The van der Waals surface area contributed by atoms with Crippen molar-refractivity contribution < 1.29 is 0 Å². The Labute approximate surface area is 114 Å². The molecule has 0 aliphatic rings. The van der Waals surface area contributed by atoms with Crippen molar-refractivity contribution >= 4 is 12.2 Å². The fourth-order valence-corrected chi connectivity index (χ4v) is 2.55. The third-order valence-electron chi connectivity index (χ3n) is 2.87. The second-order valence-electron chi connectivity index (χ2n) is 5.40. The van der Waals surface area contributed by atoms with Gasteiger partial charge in [-0.3, -0.25) is 5.10 Å². The van der Waals surface area contributed by atoms with Crippen LogP contribution in [0, 0.1) is 24.4 Å². The van der Waals surface area contributed by atoms with Crippen LogP contribution in [0.5, 0.6) is 0 Å². The molecule has 0 saturated heterocycles. The first-order chi connectivity index (χ1) is 8.45. The maximum atomic E-state index is 5.43. The van der Waals surface area contributed by atoms with Crippen molar-refractivity contribution in [3.05, 3.63) is 45.7 Å². The molecule has 0 fully saturated rings. The number of aryl methyl sites for hydroxylation is 2. The highest BCUT2D eigenvalue weighted by Crippen LogP contribution is 2.15. The summed E-state index contributed by atoms with van der Waals surface area (Å²) in [6, 6.07) is 8.54. The zero-order valence-electron chi connectivity index (χ0n) is 11.4. The topological polar surface area (TPSA) is 20.7 Å². The molecule has 1 heterocycles. The van der Waals surface area contributed by atoms with Gasteiger partial charge in [-0.2, -0.15) is 0 Å². The van der Waals surface area contributed by atoms with Crippen LogP contribution in [0.4, 0.5) is 0 Å². The van der Waals surface area contributed by atoms with Gasteiger partial charge in [-0.15, -0.1) is 0 Å². The summed E-state index contributed by atoms with van der Waals surface area (Å²) in [5.41, 5.74) is 4.83. The minimum absolute atomic E-state index is 0.630. The van der Waals surface area contributed by atoms with Gasteiger partial charge in [0.15, 0.2) is 0 Å². The summed E-state index contributed by atoms with van der Waals surface area (Å²) in [7, 11) is 0. The molecule has 0 aliphatic heterocycles. The van der Waals surface area contributed by atoms with Crippen LogP contribution in [-0.4, -0.2) is 9.78 Å². The van der Waals surface area contributed by atoms with Crippen molar-refractivity contribution in [2.45, 2.75) is 34.1 Å². The Hall–Kier alpha value is -1.35. The summed E-state index contributed by atoms with van der Waals surface area (Å²) in [5, 5.41) is 3.40. The molecule has 1 aromatic carbocycles. The van der Waals surface area contributed by atoms with Gasteiger partial charge < -0.3 is 0 Å². The Morgan fingerprint density at radius 3 is 2.28 bits per heavy atom. The first-order valence-corrected chi connectivity index (χ1v) is 6.76. The molecule has 3 heteroatoms. The second-order valence-corrected chi connectivity index (χ2v) is 5.82. The van der Waals surface area contributed by atoms with Gasteiger partial charge in [0.05, 0.1) is 5.69 Å². The molecule has 2 nitrogen and oxygen atoms in total. The van der Waals surface area contributed by atoms with E-state index in [1.54, 1.807) is 0 Å². The van der Waals surface area contributed by atoms with E-state index in [1.807, 2.05) is 4.68 Å². The number of benzene rings is 1. The number of nitrogens with zero attached hydrogens (tertiary/aromatic N) is 1. The van der Waals surface area contributed by atoms with E-state index in [1.165, 1.54) is 16.8 Å². The van der Waals surface area contributed by atoms with Crippen LogP contribution in [0.1, 0.15) is 30.7 Å². The highest BCUT2D eigenvalue weighted by molar-refractivity contribution is 7.71. The van der Waals surface area contributed by atoms with E-state index >= 15 is 0 Å². The SMILES string of the molecule is Cc1cc(C)cc(-n2[nH]c(CC(C)C)cc2=S)c1. The zero-order valence-corrected chi connectivity index (χ0v) is 12.3. The molecule has 96 valence electrons. The van der Waals surface area contributed by atoms with E-state index in [0.717, 1.165) is 16.7 Å². The lowest BCUT2D eigenvalue weighted by atomic mass is 10.1. The van der Waals surface area contributed by atoms with Gasteiger partial charge in [-0.05, 0) is 55.5 Å². The van der Waals surface area contributed by atoms with Gasteiger partial charge in [0.25, 0.3) is 0 Å². The summed E-state index contributed by atoms with van der Waals surface area (Å²) in [4.78, 5) is 0. The molecule has 2 rings (SSSR count). The predicted octanol–water partition coefficient (Wildman–Crippen LogP) is 4.35. The van der Waals surface area contributed by atoms with Gasteiger partial charge >= 0.3 is 0 Å². The van der Waals surface area contributed by atoms with Crippen molar-refractivity contribution in [2.24, 2.45) is 5.92 Å². The Morgan fingerprint density at radius 2 is 1.72 bits per heavy atom. The number of H-pyrrole nitrogens is 1. The lowest BCUT2D eigenvalue weighted by Gasteiger charge is -2.07. The molecular formula is C15H20N2S. The summed E-state index contributed by atoms with van der Waals surface area (Å²) in [6.45, 7) is 8.65. The van der Waals surface area contributed by atoms with E-state index in [2.05, 4.69) is 57.1 Å². The monoisotopic (exact) mass is 260 g/mol. The normalized spacial score (nSPS) is 11.2. The lowest BCUT2D eigenvalue weighted by molar-refractivity contribution is 0.628. The largest absolute Gasteiger partial charge is 0.297 e. The zero-order chi connectivity index (χ0) is 13.3. The second kappa shape index (κ2) is 5.11. The molecule has 1 N–H and O–H groups in total. The molecule has 0 spiro atoms. The summed E-state index contributed by atoms with van der Waals surface area (Å²) in [5.74, 6) is 0.630. The van der Waals surface area contributed by atoms with Gasteiger partial charge in [0, 0.05) is 5.69 Å². The van der Waals surface area contributed by atoms with E-state index in [-0.39, 0.29) is 0 Å². The highest BCUT2D eigenvalue weighted by Gasteiger charge is 2.05. The van der Waals surface area contributed by atoms with E-state index in [4.69, 9.17) is 12.2 Å². The Balaban J connectivity index is 2.44. The van der Waals surface area contributed by atoms with Crippen LogP contribution in [0.3, 0.4) is 0 Å². The number of rotatable bonds is 3. The van der Waals surface area contributed by atoms with Crippen molar-refractivity contribution in [1.82, 2.24) is 9.78 Å². The van der Waals surface area contributed by atoms with Crippen molar-refractivity contribution in [3.63, 3.8) is 0 Å². The van der Waals surface area contributed by atoms with Crippen LogP contribution in [0.15, 0.2) is 24.3 Å². The molecule has 1 aromatic heterocycles. The molecule has 0 saturated carbocycles. The smallest absolute Gasteiger partial charge is 0.127 e. The molecule has 0 unspecified atom stereocenters. The summed E-state index contributed by atoms with van der Waals surface area (Å²) >= 11 is 5.43. The number of hydrogen-bond acceptors (Lipinski definition) is 1. The van der Waals surface area contributed by atoms with E-state index in [0.29, 0.717) is 5.92 Å².